The molecule has 1 heterocycles. The van der Waals surface area contributed by atoms with Crippen LogP contribution in [0, 0.1) is 0 Å². The van der Waals surface area contributed by atoms with Crippen LogP contribution >= 0.6 is 0 Å². The highest BCUT2D eigenvalue weighted by Gasteiger charge is 2.14. The summed E-state index contributed by atoms with van der Waals surface area (Å²) >= 11 is 0. The summed E-state index contributed by atoms with van der Waals surface area (Å²) in [5, 5.41) is 4.50. The fraction of sp³-hybridized carbons (Fsp3) is 0.700. The lowest BCUT2D eigenvalue weighted by Gasteiger charge is -2.19. The molecule has 0 saturated heterocycles. The highest BCUT2D eigenvalue weighted by Crippen LogP contribution is 2.16. The highest BCUT2D eigenvalue weighted by molar-refractivity contribution is 5.04. The van der Waals surface area contributed by atoms with E-state index in [0.717, 1.165) is 0 Å². The van der Waals surface area contributed by atoms with Crippen LogP contribution in [-0.2, 0) is 5.54 Å². The Morgan fingerprint density at radius 2 is 1.92 bits per heavy atom. The highest BCUT2D eigenvalue weighted by atomic mass is 15.3. The lowest BCUT2D eigenvalue weighted by Crippen LogP contribution is -2.22. The molecule has 0 N–H and O–H groups in total. The van der Waals surface area contributed by atoms with Crippen molar-refractivity contribution in [3.05, 3.63) is 18.0 Å². The second kappa shape index (κ2) is 2.92. The van der Waals surface area contributed by atoms with Gasteiger partial charge in [-0.1, -0.05) is 13.8 Å². The average Bonchev–Trinajstić information content (AvgIpc) is 2.30. The van der Waals surface area contributed by atoms with Crippen molar-refractivity contribution < 1.29 is 0 Å². The second-order valence-electron chi connectivity index (χ2n) is 4.51. The Morgan fingerprint density at radius 1 is 1.33 bits per heavy atom. The molecule has 0 aromatic carbocycles. The molecule has 0 fully saturated rings. The Bertz CT molecular complexity index is 253. The fourth-order valence-corrected chi connectivity index (χ4v) is 1.02. The standard InChI is InChI=1S/C10H18N2/c1-8(2)9-6-7-12(11-9)10(3,4)5/h6-8H,1-5H3. The van der Waals surface area contributed by atoms with Gasteiger partial charge in [0.2, 0.25) is 0 Å². The number of rotatable bonds is 1. The molecular formula is C10H18N2. The third-order valence-corrected chi connectivity index (χ3v) is 1.89. The Kier molecular flexibility index (Phi) is 2.27. The third kappa shape index (κ3) is 1.87. The van der Waals surface area contributed by atoms with Crippen LogP contribution in [0.2, 0.25) is 0 Å². The zero-order chi connectivity index (χ0) is 9.35. The largest absolute Gasteiger partial charge is 0.267 e. The van der Waals surface area contributed by atoms with Crippen LogP contribution < -0.4 is 0 Å². The molecule has 0 bridgehead atoms. The Morgan fingerprint density at radius 3 is 2.17 bits per heavy atom. The van der Waals surface area contributed by atoms with Gasteiger partial charge in [0.1, 0.15) is 0 Å². The van der Waals surface area contributed by atoms with Crippen molar-refractivity contribution in [2.45, 2.75) is 46.1 Å². The minimum Gasteiger partial charge on any atom is -0.267 e. The maximum atomic E-state index is 4.50. The smallest absolute Gasteiger partial charge is 0.0650 e. The Hall–Kier alpha value is -0.790. The molecule has 2 heteroatoms. The van der Waals surface area contributed by atoms with Crippen molar-refractivity contribution >= 4 is 0 Å². The Balaban J connectivity index is 2.92. The summed E-state index contributed by atoms with van der Waals surface area (Å²) in [5.74, 6) is 0.522. The molecule has 0 atom stereocenters. The zero-order valence-electron chi connectivity index (χ0n) is 8.63. The van der Waals surface area contributed by atoms with Gasteiger partial charge >= 0.3 is 0 Å². The van der Waals surface area contributed by atoms with Gasteiger partial charge in [0.25, 0.3) is 0 Å². The maximum Gasteiger partial charge on any atom is 0.0650 e. The molecule has 0 radical (unpaired) electrons. The van der Waals surface area contributed by atoms with Crippen molar-refractivity contribution in [3.63, 3.8) is 0 Å². The monoisotopic (exact) mass is 166 g/mol. The summed E-state index contributed by atoms with van der Waals surface area (Å²) in [4.78, 5) is 0. The van der Waals surface area contributed by atoms with E-state index in [1.165, 1.54) is 5.69 Å². The first kappa shape index (κ1) is 9.30. The van der Waals surface area contributed by atoms with E-state index in [-0.39, 0.29) is 5.54 Å². The van der Waals surface area contributed by atoms with Crippen LogP contribution in [-0.4, -0.2) is 9.78 Å². The summed E-state index contributed by atoms with van der Waals surface area (Å²) in [6.45, 7) is 10.8. The van der Waals surface area contributed by atoms with Gasteiger partial charge in [0.05, 0.1) is 11.2 Å². The summed E-state index contributed by atoms with van der Waals surface area (Å²) in [7, 11) is 0. The quantitative estimate of drug-likeness (QED) is 0.627. The van der Waals surface area contributed by atoms with Crippen LogP contribution in [0.4, 0.5) is 0 Å². The normalized spacial score (nSPS) is 12.5. The first-order valence-electron chi connectivity index (χ1n) is 4.47. The van der Waals surface area contributed by atoms with Gasteiger partial charge in [-0.05, 0) is 32.8 Å². The van der Waals surface area contributed by atoms with Crippen LogP contribution in [0.25, 0.3) is 0 Å². The lowest BCUT2D eigenvalue weighted by molar-refractivity contribution is 0.352. The molecule has 0 aliphatic rings. The number of aromatic nitrogens is 2. The minimum absolute atomic E-state index is 0.104. The molecular weight excluding hydrogens is 148 g/mol. The predicted molar refractivity (Wildman–Crippen MR) is 51.3 cm³/mol. The Labute approximate surface area is 74.6 Å². The number of hydrogen-bond donors (Lipinski definition) is 0. The van der Waals surface area contributed by atoms with E-state index in [4.69, 9.17) is 0 Å². The summed E-state index contributed by atoms with van der Waals surface area (Å²) in [5.41, 5.74) is 1.28. The van der Waals surface area contributed by atoms with E-state index in [0.29, 0.717) is 5.92 Å². The van der Waals surface area contributed by atoms with Crippen molar-refractivity contribution in [3.8, 4) is 0 Å². The molecule has 12 heavy (non-hydrogen) atoms. The van der Waals surface area contributed by atoms with Crippen LogP contribution in [0.3, 0.4) is 0 Å². The van der Waals surface area contributed by atoms with Crippen molar-refractivity contribution in [1.82, 2.24) is 9.78 Å². The minimum atomic E-state index is 0.104. The summed E-state index contributed by atoms with van der Waals surface area (Å²) in [6.07, 6.45) is 2.05. The van der Waals surface area contributed by atoms with Gasteiger partial charge in [0, 0.05) is 6.20 Å². The van der Waals surface area contributed by atoms with E-state index in [1.54, 1.807) is 0 Å². The van der Waals surface area contributed by atoms with Crippen molar-refractivity contribution in [2.24, 2.45) is 0 Å². The van der Waals surface area contributed by atoms with Crippen molar-refractivity contribution in [1.29, 1.82) is 0 Å². The summed E-state index contributed by atoms with van der Waals surface area (Å²) < 4.78 is 2.02. The van der Waals surface area contributed by atoms with E-state index in [2.05, 4.69) is 52.0 Å². The predicted octanol–water partition coefficient (Wildman–Crippen LogP) is 2.76. The average molecular weight is 166 g/mol. The van der Waals surface area contributed by atoms with Crippen LogP contribution in [0.5, 0.6) is 0 Å². The van der Waals surface area contributed by atoms with E-state index < -0.39 is 0 Å². The van der Waals surface area contributed by atoms with Gasteiger partial charge < -0.3 is 0 Å². The molecule has 2 nitrogen and oxygen atoms in total. The van der Waals surface area contributed by atoms with Crippen molar-refractivity contribution in [2.75, 3.05) is 0 Å². The molecule has 0 amide bonds. The topological polar surface area (TPSA) is 17.8 Å². The SMILES string of the molecule is CC(C)c1ccn(C(C)(C)C)n1. The van der Waals surface area contributed by atoms with Gasteiger partial charge in [0.15, 0.2) is 0 Å². The maximum absolute atomic E-state index is 4.50. The second-order valence-corrected chi connectivity index (χ2v) is 4.51. The van der Waals surface area contributed by atoms with E-state index >= 15 is 0 Å². The first-order chi connectivity index (χ1) is 5.41. The van der Waals surface area contributed by atoms with Gasteiger partial charge in [-0.3, -0.25) is 4.68 Å². The zero-order valence-corrected chi connectivity index (χ0v) is 8.63. The van der Waals surface area contributed by atoms with Crippen LogP contribution in [0.15, 0.2) is 12.3 Å². The third-order valence-electron chi connectivity index (χ3n) is 1.89. The van der Waals surface area contributed by atoms with Gasteiger partial charge in [-0.25, -0.2) is 0 Å². The lowest BCUT2D eigenvalue weighted by atomic mass is 10.1. The molecule has 1 aromatic rings. The van der Waals surface area contributed by atoms with Gasteiger partial charge in [-0.15, -0.1) is 0 Å². The summed E-state index contributed by atoms with van der Waals surface area (Å²) in [6, 6.07) is 2.09. The number of nitrogens with zero attached hydrogens (tertiary/aromatic N) is 2. The van der Waals surface area contributed by atoms with E-state index in [9.17, 15) is 0 Å². The molecule has 0 saturated carbocycles. The molecule has 1 rings (SSSR count). The molecule has 1 aromatic heterocycles. The molecule has 0 unspecified atom stereocenters. The molecule has 68 valence electrons. The molecule has 0 aliphatic heterocycles. The number of hydrogen-bond acceptors (Lipinski definition) is 1. The first-order valence-corrected chi connectivity index (χ1v) is 4.47. The van der Waals surface area contributed by atoms with E-state index in [1.807, 2.05) is 4.68 Å². The van der Waals surface area contributed by atoms with Crippen LogP contribution in [0.1, 0.15) is 46.2 Å². The fourth-order valence-electron chi connectivity index (χ4n) is 1.02. The molecule has 0 spiro atoms. The van der Waals surface area contributed by atoms with Gasteiger partial charge in [-0.2, -0.15) is 5.10 Å². The molecule has 0 aliphatic carbocycles.